The van der Waals surface area contributed by atoms with Gasteiger partial charge in [0.2, 0.25) is 0 Å². The van der Waals surface area contributed by atoms with E-state index in [0.717, 1.165) is 40.0 Å². The van der Waals surface area contributed by atoms with Crippen LogP contribution in [0, 0.1) is 5.92 Å². The minimum atomic E-state index is 0.0747. The molecule has 1 aliphatic carbocycles. The average Bonchev–Trinajstić information content (AvgIpc) is 3.53. The molecule has 6 nitrogen and oxygen atoms in total. The van der Waals surface area contributed by atoms with Crippen molar-refractivity contribution in [3.8, 4) is 0 Å². The van der Waals surface area contributed by atoms with Gasteiger partial charge in [0, 0.05) is 16.6 Å². The lowest BCUT2D eigenvalue weighted by atomic mass is 9.99. The molecule has 33 heavy (non-hydrogen) atoms. The number of thiophene rings is 1. The second kappa shape index (κ2) is 8.18. The fourth-order valence-corrected chi connectivity index (χ4v) is 6.66. The molecule has 0 radical (unpaired) electrons. The van der Waals surface area contributed by atoms with Gasteiger partial charge in [-0.15, -0.1) is 21.5 Å². The van der Waals surface area contributed by atoms with Gasteiger partial charge < -0.3 is 0 Å². The largest absolute Gasteiger partial charge is 0.293 e. The van der Waals surface area contributed by atoms with Gasteiger partial charge in [-0.2, -0.15) is 0 Å². The maximum Gasteiger partial charge on any atom is 0.197 e. The van der Waals surface area contributed by atoms with Gasteiger partial charge in [0.25, 0.3) is 0 Å². The van der Waals surface area contributed by atoms with Gasteiger partial charge in [0.1, 0.15) is 15.9 Å². The van der Waals surface area contributed by atoms with Crippen LogP contribution in [-0.2, 0) is 19.3 Å². The van der Waals surface area contributed by atoms with Crippen LogP contribution in [0.2, 0.25) is 0 Å². The number of benzene rings is 1. The molecule has 0 saturated heterocycles. The van der Waals surface area contributed by atoms with Crippen molar-refractivity contribution in [2.45, 2.75) is 44.7 Å². The van der Waals surface area contributed by atoms with E-state index in [2.05, 4.69) is 24.0 Å². The van der Waals surface area contributed by atoms with Crippen LogP contribution in [0.4, 0.5) is 0 Å². The maximum absolute atomic E-state index is 12.5. The molecule has 0 aliphatic heterocycles. The standard InChI is InChI=1S/C25H23N5OS2/c1-14(2)11-18-16-9-6-10-17(16)20-21-22(33-24(20)27-18)23-28-29-25(30(23)13-26-21)32-12-19(31)15-7-4-3-5-8-15/h3-5,7-8,13-14H,6,9-12H2,1-2H3. The molecule has 0 atom stereocenters. The number of nitrogens with zero attached hydrogens (tertiary/aromatic N) is 5. The zero-order valence-corrected chi connectivity index (χ0v) is 20.2. The number of carbonyl (C=O) groups is 1. The number of aryl methyl sites for hydroxylation is 1. The number of carbonyl (C=O) groups excluding carboxylic acids is 1. The first-order valence-corrected chi connectivity index (χ1v) is 13.1. The molecule has 0 spiro atoms. The number of hydrogen-bond donors (Lipinski definition) is 0. The Morgan fingerprint density at radius 1 is 1.15 bits per heavy atom. The van der Waals surface area contributed by atoms with Gasteiger partial charge in [0.05, 0.1) is 11.3 Å². The fraction of sp³-hybridized carbons (Fsp3) is 0.320. The zero-order chi connectivity index (χ0) is 22.5. The molecular formula is C25H23N5OS2. The molecule has 0 amide bonds. The van der Waals surface area contributed by atoms with Crippen molar-refractivity contribution in [1.82, 2.24) is 24.6 Å². The third kappa shape index (κ3) is 3.52. The number of fused-ring (bicyclic) bond motifs is 7. The van der Waals surface area contributed by atoms with Crippen molar-refractivity contribution in [3.63, 3.8) is 0 Å². The minimum Gasteiger partial charge on any atom is -0.293 e. The molecule has 8 heteroatoms. The molecule has 0 unspecified atom stereocenters. The highest BCUT2D eigenvalue weighted by Crippen LogP contribution is 2.41. The normalized spacial score (nSPS) is 13.5. The number of aromatic nitrogens is 5. The van der Waals surface area contributed by atoms with Gasteiger partial charge >= 0.3 is 0 Å². The molecule has 1 aliphatic rings. The summed E-state index contributed by atoms with van der Waals surface area (Å²) in [6.45, 7) is 4.50. The monoisotopic (exact) mass is 473 g/mol. The molecule has 0 bridgehead atoms. The van der Waals surface area contributed by atoms with E-state index in [4.69, 9.17) is 9.97 Å². The minimum absolute atomic E-state index is 0.0747. The summed E-state index contributed by atoms with van der Waals surface area (Å²) in [5, 5.41) is 10.7. The molecule has 0 N–H and O–H groups in total. The van der Waals surface area contributed by atoms with Crippen molar-refractivity contribution in [1.29, 1.82) is 0 Å². The number of rotatable bonds is 6. The van der Waals surface area contributed by atoms with E-state index in [1.165, 1.54) is 40.4 Å². The van der Waals surface area contributed by atoms with Crippen molar-refractivity contribution in [2.75, 3.05) is 5.75 Å². The molecule has 4 aromatic heterocycles. The third-order valence-electron chi connectivity index (χ3n) is 6.17. The SMILES string of the molecule is CC(C)Cc1nc2sc3c(ncn4c(SCC(=O)c5ccccc5)nnc34)c2c2c1CCC2. The second-order valence-corrected chi connectivity index (χ2v) is 10.9. The molecular weight excluding hydrogens is 450 g/mol. The first-order valence-electron chi connectivity index (χ1n) is 11.3. The molecule has 5 aromatic rings. The lowest BCUT2D eigenvalue weighted by Crippen LogP contribution is -2.03. The van der Waals surface area contributed by atoms with Crippen molar-refractivity contribution in [3.05, 3.63) is 59.0 Å². The van der Waals surface area contributed by atoms with Crippen molar-refractivity contribution >= 4 is 55.0 Å². The summed E-state index contributed by atoms with van der Waals surface area (Å²) in [7, 11) is 0. The van der Waals surface area contributed by atoms with Crippen LogP contribution >= 0.6 is 23.1 Å². The van der Waals surface area contributed by atoms with E-state index < -0.39 is 0 Å². The molecule has 4 heterocycles. The van der Waals surface area contributed by atoms with Crippen molar-refractivity contribution < 1.29 is 4.79 Å². The predicted molar refractivity (Wildman–Crippen MR) is 134 cm³/mol. The summed E-state index contributed by atoms with van der Waals surface area (Å²) in [6.07, 6.45) is 6.19. The summed E-state index contributed by atoms with van der Waals surface area (Å²) < 4.78 is 2.92. The summed E-state index contributed by atoms with van der Waals surface area (Å²) in [6, 6.07) is 9.35. The summed E-state index contributed by atoms with van der Waals surface area (Å²) >= 11 is 3.05. The van der Waals surface area contributed by atoms with Crippen molar-refractivity contribution in [2.24, 2.45) is 5.92 Å². The van der Waals surface area contributed by atoms with E-state index >= 15 is 0 Å². The molecule has 0 fully saturated rings. The van der Waals surface area contributed by atoms with E-state index in [1.54, 1.807) is 17.7 Å². The number of ketones is 1. The second-order valence-electron chi connectivity index (χ2n) is 8.93. The molecule has 166 valence electrons. The zero-order valence-electron chi connectivity index (χ0n) is 18.5. The number of thioether (sulfide) groups is 1. The van der Waals surface area contributed by atoms with Gasteiger partial charge in [-0.3, -0.25) is 9.20 Å². The Morgan fingerprint density at radius 3 is 2.79 bits per heavy atom. The summed E-state index contributed by atoms with van der Waals surface area (Å²) in [4.78, 5) is 23.5. The van der Waals surface area contributed by atoms with E-state index in [0.29, 0.717) is 22.4 Å². The van der Waals surface area contributed by atoms with Crippen LogP contribution < -0.4 is 0 Å². The number of hydrogen-bond acceptors (Lipinski definition) is 7. The van der Waals surface area contributed by atoms with E-state index in [1.807, 2.05) is 34.7 Å². The van der Waals surface area contributed by atoms with Crippen LogP contribution in [-0.4, -0.2) is 36.1 Å². The lowest BCUT2D eigenvalue weighted by Gasteiger charge is -2.11. The lowest BCUT2D eigenvalue weighted by molar-refractivity contribution is 0.102. The first-order chi connectivity index (χ1) is 16.1. The van der Waals surface area contributed by atoms with Crippen LogP contribution in [0.15, 0.2) is 41.8 Å². The van der Waals surface area contributed by atoms with Gasteiger partial charge in [-0.25, -0.2) is 9.97 Å². The Labute approximate surface area is 199 Å². The van der Waals surface area contributed by atoms with Gasteiger partial charge in [-0.05, 0) is 42.7 Å². The van der Waals surface area contributed by atoms with Gasteiger partial charge in [-0.1, -0.05) is 55.9 Å². The Bertz CT molecular complexity index is 1520. The van der Waals surface area contributed by atoms with Crippen LogP contribution in [0.1, 0.15) is 47.4 Å². The van der Waals surface area contributed by atoms with Crippen LogP contribution in [0.5, 0.6) is 0 Å². The summed E-state index contributed by atoms with van der Waals surface area (Å²) in [5.41, 5.74) is 6.60. The predicted octanol–water partition coefficient (Wildman–Crippen LogP) is 5.55. The molecule has 0 saturated carbocycles. The highest BCUT2D eigenvalue weighted by molar-refractivity contribution is 7.99. The maximum atomic E-state index is 12.5. The Balaban J connectivity index is 1.41. The number of pyridine rings is 1. The van der Waals surface area contributed by atoms with E-state index in [9.17, 15) is 4.79 Å². The third-order valence-corrected chi connectivity index (χ3v) is 8.18. The Hall–Kier alpha value is -2.84. The first kappa shape index (κ1) is 20.7. The fourth-order valence-electron chi connectivity index (χ4n) is 4.71. The van der Waals surface area contributed by atoms with Crippen LogP contribution in [0.25, 0.3) is 26.1 Å². The van der Waals surface area contributed by atoms with E-state index in [-0.39, 0.29) is 5.78 Å². The number of Topliss-reactive ketones (excluding diaryl/α,β-unsaturated/α-hetero) is 1. The Kier molecular flexibility index (Phi) is 5.14. The van der Waals surface area contributed by atoms with Gasteiger partial charge in [0.15, 0.2) is 16.6 Å². The smallest absolute Gasteiger partial charge is 0.197 e. The Morgan fingerprint density at radius 2 is 1.97 bits per heavy atom. The highest BCUT2D eigenvalue weighted by Gasteiger charge is 2.25. The van der Waals surface area contributed by atoms with Crippen LogP contribution in [0.3, 0.4) is 0 Å². The molecule has 6 rings (SSSR count). The quantitative estimate of drug-likeness (QED) is 0.238. The summed E-state index contributed by atoms with van der Waals surface area (Å²) in [5.74, 6) is 0.960. The average molecular weight is 474 g/mol. The highest BCUT2D eigenvalue weighted by atomic mass is 32.2. The molecule has 1 aromatic carbocycles. The topological polar surface area (TPSA) is 73.0 Å².